The number of esters is 2. The largest absolute Gasteiger partial charge is 0.457 e. The lowest BCUT2D eigenvalue weighted by molar-refractivity contribution is -0.159. The van der Waals surface area contributed by atoms with E-state index in [1.807, 2.05) is 48.5 Å². The van der Waals surface area contributed by atoms with Crippen molar-refractivity contribution in [3.8, 4) is 0 Å². The van der Waals surface area contributed by atoms with E-state index in [2.05, 4.69) is 0 Å². The molecule has 2 aliphatic heterocycles. The van der Waals surface area contributed by atoms with Gasteiger partial charge in [0, 0.05) is 6.08 Å². The van der Waals surface area contributed by atoms with Crippen LogP contribution in [-0.2, 0) is 23.8 Å². The molecule has 1 N–H and O–H groups in total. The zero-order valence-corrected chi connectivity index (χ0v) is 15.0. The predicted octanol–water partition coefficient (Wildman–Crippen LogP) is 2.43. The summed E-state index contributed by atoms with van der Waals surface area (Å²) in [5.74, 6) is -0.950. The molecular weight excluding hydrogens is 360 g/mol. The zero-order chi connectivity index (χ0) is 19.5. The van der Waals surface area contributed by atoms with E-state index in [0.717, 1.165) is 5.56 Å². The molecule has 2 aromatic rings. The number of carbonyl (C=O) groups excluding carboxylic acids is 2. The van der Waals surface area contributed by atoms with Crippen LogP contribution in [0.1, 0.15) is 23.7 Å². The van der Waals surface area contributed by atoms with Gasteiger partial charge in [-0.1, -0.05) is 60.7 Å². The van der Waals surface area contributed by atoms with Crippen molar-refractivity contribution in [3.63, 3.8) is 0 Å². The summed E-state index contributed by atoms with van der Waals surface area (Å²) in [5, 5.41) is 10.6. The molecule has 6 nitrogen and oxygen atoms in total. The molecule has 0 radical (unpaired) electrons. The van der Waals surface area contributed by atoms with Gasteiger partial charge in [0.2, 0.25) is 0 Å². The molecule has 5 atom stereocenters. The number of ether oxygens (including phenoxy) is 3. The highest BCUT2D eigenvalue weighted by atomic mass is 16.6. The molecule has 144 valence electrons. The molecule has 6 heteroatoms. The second-order valence-corrected chi connectivity index (χ2v) is 6.80. The van der Waals surface area contributed by atoms with Crippen LogP contribution in [0.3, 0.4) is 0 Å². The minimum atomic E-state index is -1.08. The SMILES string of the molecule is O=C(C=Cc1ccccc1)O[C@@H](c1ccccc1)[C@@H]1O[C@H]2CC(=O)O[C@H]2[C@@H]1O. The van der Waals surface area contributed by atoms with Crippen molar-refractivity contribution in [3.05, 3.63) is 77.9 Å². The maximum Gasteiger partial charge on any atom is 0.331 e. The standard InChI is InChI=1S/C22H20O6/c23-17(12-11-14-7-3-1-4-8-14)27-20(15-9-5-2-6-10-15)22-19(25)21-16(26-22)13-18(24)28-21/h1-12,16,19-22,25H,13H2/t16-,19-,20-,21+,22+/m0/s1. The fraction of sp³-hybridized carbons (Fsp3) is 0.273. The summed E-state index contributed by atoms with van der Waals surface area (Å²) in [6.07, 6.45) is -0.901. The first-order valence-electron chi connectivity index (χ1n) is 9.13. The zero-order valence-electron chi connectivity index (χ0n) is 15.0. The molecular formula is C22H20O6. The number of hydrogen-bond donors (Lipinski definition) is 1. The van der Waals surface area contributed by atoms with Crippen molar-refractivity contribution >= 4 is 18.0 Å². The molecule has 2 heterocycles. The molecule has 0 aromatic heterocycles. The summed E-state index contributed by atoms with van der Waals surface area (Å²) in [4.78, 5) is 23.9. The van der Waals surface area contributed by atoms with Gasteiger partial charge in [0.1, 0.15) is 18.3 Å². The molecule has 2 saturated heterocycles. The Kier molecular flexibility index (Phi) is 5.23. The van der Waals surface area contributed by atoms with Gasteiger partial charge in [0.05, 0.1) is 6.42 Å². The van der Waals surface area contributed by atoms with Crippen molar-refractivity contribution < 1.29 is 28.9 Å². The molecule has 0 bridgehead atoms. The number of aliphatic hydroxyl groups is 1. The minimum Gasteiger partial charge on any atom is -0.457 e. The summed E-state index contributed by atoms with van der Waals surface area (Å²) in [6, 6.07) is 18.5. The number of fused-ring (bicyclic) bond motifs is 1. The third kappa shape index (κ3) is 3.83. The number of rotatable bonds is 5. The van der Waals surface area contributed by atoms with E-state index >= 15 is 0 Å². The molecule has 2 aromatic carbocycles. The van der Waals surface area contributed by atoms with E-state index in [-0.39, 0.29) is 6.42 Å². The van der Waals surface area contributed by atoms with Crippen LogP contribution in [0.15, 0.2) is 66.7 Å². The number of benzene rings is 2. The van der Waals surface area contributed by atoms with Gasteiger partial charge >= 0.3 is 11.9 Å². The van der Waals surface area contributed by atoms with Crippen LogP contribution < -0.4 is 0 Å². The topological polar surface area (TPSA) is 82.1 Å². The van der Waals surface area contributed by atoms with Crippen molar-refractivity contribution in [2.45, 2.75) is 36.9 Å². The molecule has 4 rings (SSSR count). The van der Waals surface area contributed by atoms with Gasteiger partial charge < -0.3 is 19.3 Å². The summed E-state index contributed by atoms with van der Waals surface area (Å²) in [7, 11) is 0. The van der Waals surface area contributed by atoms with Crippen molar-refractivity contribution in [2.75, 3.05) is 0 Å². The highest BCUT2D eigenvalue weighted by Crippen LogP contribution is 2.38. The molecule has 0 aliphatic carbocycles. The average Bonchev–Trinajstić information content (AvgIpc) is 3.23. The Balaban J connectivity index is 1.53. The molecule has 0 saturated carbocycles. The number of carbonyl (C=O) groups is 2. The Morgan fingerprint density at radius 1 is 1.11 bits per heavy atom. The minimum absolute atomic E-state index is 0.0849. The second kappa shape index (κ2) is 7.96. The van der Waals surface area contributed by atoms with Gasteiger partial charge in [-0.15, -0.1) is 0 Å². The first-order valence-corrected chi connectivity index (χ1v) is 9.13. The summed E-state index contributed by atoms with van der Waals surface area (Å²) < 4.78 is 16.7. The normalized spacial score (nSPS) is 27.4. The van der Waals surface area contributed by atoms with Crippen LogP contribution in [0.4, 0.5) is 0 Å². The van der Waals surface area contributed by atoms with Gasteiger partial charge in [0.25, 0.3) is 0 Å². The van der Waals surface area contributed by atoms with E-state index in [0.29, 0.717) is 5.56 Å². The van der Waals surface area contributed by atoms with Crippen LogP contribution in [0.5, 0.6) is 0 Å². The maximum atomic E-state index is 12.4. The molecule has 0 unspecified atom stereocenters. The Morgan fingerprint density at radius 2 is 1.79 bits per heavy atom. The lowest BCUT2D eigenvalue weighted by Crippen LogP contribution is -2.37. The number of aliphatic hydroxyl groups excluding tert-OH is 1. The van der Waals surface area contributed by atoms with Gasteiger partial charge in [-0.3, -0.25) is 4.79 Å². The third-order valence-corrected chi connectivity index (χ3v) is 4.89. The fourth-order valence-corrected chi connectivity index (χ4v) is 3.55. The quantitative estimate of drug-likeness (QED) is 0.634. The van der Waals surface area contributed by atoms with Crippen molar-refractivity contribution in [1.29, 1.82) is 0 Å². The highest BCUT2D eigenvalue weighted by Gasteiger charge is 2.54. The molecule has 0 spiro atoms. The molecule has 0 amide bonds. The van der Waals surface area contributed by atoms with Gasteiger partial charge in [-0.25, -0.2) is 4.79 Å². The maximum absolute atomic E-state index is 12.4. The van der Waals surface area contributed by atoms with Gasteiger partial charge in [0.15, 0.2) is 12.2 Å². The Labute approximate surface area is 162 Å². The summed E-state index contributed by atoms with van der Waals surface area (Å²) in [5.41, 5.74) is 1.56. The number of hydrogen-bond acceptors (Lipinski definition) is 6. The molecule has 2 aliphatic rings. The van der Waals surface area contributed by atoms with E-state index in [9.17, 15) is 14.7 Å². The van der Waals surface area contributed by atoms with Crippen molar-refractivity contribution in [2.24, 2.45) is 0 Å². The predicted molar refractivity (Wildman–Crippen MR) is 99.9 cm³/mol. The van der Waals surface area contributed by atoms with E-state index in [4.69, 9.17) is 14.2 Å². The summed E-state index contributed by atoms with van der Waals surface area (Å²) >= 11 is 0. The third-order valence-electron chi connectivity index (χ3n) is 4.89. The molecule has 2 fully saturated rings. The van der Waals surface area contributed by atoms with Crippen molar-refractivity contribution in [1.82, 2.24) is 0 Å². The van der Waals surface area contributed by atoms with Crippen LogP contribution >= 0.6 is 0 Å². The van der Waals surface area contributed by atoms with Crippen LogP contribution in [0, 0.1) is 0 Å². The van der Waals surface area contributed by atoms with Gasteiger partial charge in [-0.2, -0.15) is 0 Å². The Hall–Kier alpha value is -2.96. The molecule has 28 heavy (non-hydrogen) atoms. The first kappa shape index (κ1) is 18.4. The second-order valence-electron chi connectivity index (χ2n) is 6.80. The highest BCUT2D eigenvalue weighted by molar-refractivity contribution is 5.87. The lowest BCUT2D eigenvalue weighted by atomic mass is 9.98. The van der Waals surface area contributed by atoms with Gasteiger partial charge in [-0.05, 0) is 17.2 Å². The lowest BCUT2D eigenvalue weighted by Gasteiger charge is -2.26. The van der Waals surface area contributed by atoms with Crippen LogP contribution in [-0.4, -0.2) is 41.5 Å². The van der Waals surface area contributed by atoms with E-state index < -0.39 is 42.5 Å². The van der Waals surface area contributed by atoms with Crippen LogP contribution in [0.2, 0.25) is 0 Å². The smallest absolute Gasteiger partial charge is 0.331 e. The monoisotopic (exact) mass is 380 g/mol. The Morgan fingerprint density at radius 3 is 2.46 bits per heavy atom. The van der Waals surface area contributed by atoms with E-state index in [1.54, 1.807) is 18.2 Å². The van der Waals surface area contributed by atoms with E-state index in [1.165, 1.54) is 6.08 Å². The van der Waals surface area contributed by atoms with Crippen LogP contribution in [0.25, 0.3) is 6.08 Å². The fourth-order valence-electron chi connectivity index (χ4n) is 3.55. The first-order chi connectivity index (χ1) is 13.6. The Bertz CT molecular complexity index is 863. The summed E-state index contributed by atoms with van der Waals surface area (Å²) in [6.45, 7) is 0. The average molecular weight is 380 g/mol.